The highest BCUT2D eigenvalue weighted by molar-refractivity contribution is 5.91. The molecule has 0 aliphatic rings. The number of aromatic nitrogens is 2. The third-order valence-corrected chi connectivity index (χ3v) is 2.90. The van der Waals surface area contributed by atoms with Gasteiger partial charge in [0.15, 0.2) is 0 Å². The van der Waals surface area contributed by atoms with E-state index in [9.17, 15) is 4.79 Å². The number of anilines is 1. The van der Waals surface area contributed by atoms with Crippen molar-refractivity contribution in [1.29, 1.82) is 0 Å². The van der Waals surface area contributed by atoms with Crippen LogP contribution in [0.3, 0.4) is 0 Å². The molecule has 0 aliphatic carbocycles. The zero-order valence-electron chi connectivity index (χ0n) is 12.5. The molecule has 19 heavy (non-hydrogen) atoms. The third-order valence-electron chi connectivity index (χ3n) is 2.90. The highest BCUT2D eigenvalue weighted by Gasteiger charge is 2.21. The minimum Gasteiger partial charge on any atom is -0.394 e. The molecule has 2 amide bonds. The molecule has 0 saturated heterocycles. The largest absolute Gasteiger partial charge is 0.394 e. The Labute approximate surface area is 114 Å². The van der Waals surface area contributed by atoms with Crippen molar-refractivity contribution in [2.45, 2.75) is 53.1 Å². The number of carbonyl (C=O) groups is 1. The summed E-state index contributed by atoms with van der Waals surface area (Å²) in [5, 5.41) is 19.1. The summed E-state index contributed by atoms with van der Waals surface area (Å²) in [7, 11) is 0. The van der Waals surface area contributed by atoms with Gasteiger partial charge in [-0.2, -0.15) is 5.10 Å². The van der Waals surface area contributed by atoms with Crippen molar-refractivity contribution in [3.63, 3.8) is 0 Å². The Hall–Kier alpha value is -1.56. The number of carbonyl (C=O) groups excluding carboxylic acids is 1. The normalized spacial score (nSPS) is 11.8. The highest BCUT2D eigenvalue weighted by Crippen LogP contribution is 2.22. The van der Waals surface area contributed by atoms with Crippen molar-refractivity contribution >= 4 is 11.7 Å². The summed E-state index contributed by atoms with van der Waals surface area (Å²) in [4.78, 5) is 11.9. The maximum absolute atomic E-state index is 11.9. The Kier molecular flexibility index (Phi) is 4.57. The van der Waals surface area contributed by atoms with Gasteiger partial charge in [-0.3, -0.25) is 4.68 Å². The van der Waals surface area contributed by atoms with Gasteiger partial charge < -0.3 is 15.7 Å². The van der Waals surface area contributed by atoms with Gasteiger partial charge in [0.2, 0.25) is 0 Å². The molecule has 1 aromatic rings. The molecule has 0 saturated carbocycles. The molecule has 6 nitrogen and oxygen atoms in total. The Morgan fingerprint density at radius 3 is 2.42 bits per heavy atom. The fourth-order valence-corrected chi connectivity index (χ4v) is 1.84. The van der Waals surface area contributed by atoms with Gasteiger partial charge in [-0.25, -0.2) is 4.79 Å². The van der Waals surface area contributed by atoms with Gasteiger partial charge in [-0.05, 0) is 41.5 Å². The summed E-state index contributed by atoms with van der Waals surface area (Å²) in [5.41, 5.74) is 1.77. The second kappa shape index (κ2) is 5.61. The standard InChI is InChI=1S/C13H24N4O2/c1-8(2)17-10(4)11(9(3)16-17)14-12(19)15-13(5,6)7-18/h8,18H,7H2,1-6H3,(H2,14,15,19). The van der Waals surface area contributed by atoms with Gasteiger partial charge in [0, 0.05) is 6.04 Å². The van der Waals surface area contributed by atoms with Crippen LogP contribution in [0.2, 0.25) is 0 Å². The lowest BCUT2D eigenvalue weighted by Gasteiger charge is -2.23. The molecule has 0 spiro atoms. The topological polar surface area (TPSA) is 79.2 Å². The molecule has 0 radical (unpaired) electrons. The van der Waals surface area contributed by atoms with Crippen LogP contribution in [0.4, 0.5) is 10.5 Å². The van der Waals surface area contributed by atoms with Crippen LogP contribution in [-0.4, -0.2) is 33.1 Å². The first kappa shape index (κ1) is 15.5. The fourth-order valence-electron chi connectivity index (χ4n) is 1.84. The van der Waals surface area contributed by atoms with Crippen LogP contribution < -0.4 is 10.6 Å². The minimum atomic E-state index is -0.653. The summed E-state index contributed by atoms with van der Waals surface area (Å²) in [6.45, 7) is 11.2. The summed E-state index contributed by atoms with van der Waals surface area (Å²) in [6.07, 6.45) is 0. The molecule has 3 N–H and O–H groups in total. The first-order valence-corrected chi connectivity index (χ1v) is 6.43. The van der Waals surface area contributed by atoms with E-state index in [0.29, 0.717) is 0 Å². The van der Waals surface area contributed by atoms with E-state index in [1.165, 1.54) is 0 Å². The predicted octanol–water partition coefficient (Wildman–Crippen LogP) is 1.97. The number of amides is 2. The molecule has 0 fully saturated rings. The second-order valence-corrected chi connectivity index (χ2v) is 5.71. The Morgan fingerprint density at radius 2 is 2.00 bits per heavy atom. The number of aryl methyl sites for hydroxylation is 1. The van der Waals surface area contributed by atoms with Crippen molar-refractivity contribution in [3.8, 4) is 0 Å². The van der Waals surface area contributed by atoms with Crippen LogP contribution in [0.15, 0.2) is 0 Å². The number of aliphatic hydroxyl groups excluding tert-OH is 1. The molecule has 1 rings (SSSR count). The van der Waals surface area contributed by atoms with Crippen LogP contribution in [-0.2, 0) is 0 Å². The van der Waals surface area contributed by atoms with Crippen LogP contribution >= 0.6 is 0 Å². The number of rotatable bonds is 4. The van der Waals surface area contributed by atoms with Gasteiger partial charge in [0.1, 0.15) is 0 Å². The highest BCUT2D eigenvalue weighted by atomic mass is 16.3. The molecular weight excluding hydrogens is 244 g/mol. The zero-order valence-corrected chi connectivity index (χ0v) is 12.5. The molecule has 0 aromatic carbocycles. The van der Waals surface area contributed by atoms with Crippen molar-refractivity contribution in [3.05, 3.63) is 11.4 Å². The van der Waals surface area contributed by atoms with Crippen molar-refractivity contribution in [1.82, 2.24) is 15.1 Å². The van der Waals surface area contributed by atoms with E-state index in [1.54, 1.807) is 13.8 Å². The number of urea groups is 1. The van der Waals surface area contributed by atoms with E-state index in [1.807, 2.05) is 32.4 Å². The van der Waals surface area contributed by atoms with Crippen LogP contribution in [0, 0.1) is 13.8 Å². The van der Waals surface area contributed by atoms with Crippen LogP contribution in [0.5, 0.6) is 0 Å². The Balaban J connectivity index is 2.86. The molecule has 0 bridgehead atoms. The summed E-state index contributed by atoms with van der Waals surface area (Å²) in [6, 6.07) is -0.0975. The number of hydrogen-bond acceptors (Lipinski definition) is 3. The Morgan fingerprint density at radius 1 is 1.42 bits per heavy atom. The monoisotopic (exact) mass is 268 g/mol. The summed E-state index contributed by atoms with van der Waals surface area (Å²) >= 11 is 0. The maximum atomic E-state index is 11.9. The van der Waals surface area contributed by atoms with Gasteiger partial charge >= 0.3 is 6.03 Å². The zero-order chi connectivity index (χ0) is 14.8. The second-order valence-electron chi connectivity index (χ2n) is 5.71. The molecule has 1 heterocycles. The van der Waals surface area contributed by atoms with E-state index in [4.69, 9.17) is 5.11 Å². The van der Waals surface area contributed by atoms with E-state index >= 15 is 0 Å². The molecule has 0 atom stereocenters. The lowest BCUT2D eigenvalue weighted by molar-refractivity contribution is 0.187. The minimum absolute atomic E-state index is 0.121. The molecule has 108 valence electrons. The fraction of sp³-hybridized carbons (Fsp3) is 0.692. The third kappa shape index (κ3) is 3.70. The van der Waals surface area contributed by atoms with Crippen LogP contribution in [0.25, 0.3) is 0 Å². The molecular formula is C13H24N4O2. The van der Waals surface area contributed by atoms with Gasteiger partial charge in [-0.15, -0.1) is 0 Å². The number of aliphatic hydroxyl groups is 1. The van der Waals surface area contributed by atoms with E-state index in [-0.39, 0.29) is 18.7 Å². The number of nitrogens with zero attached hydrogens (tertiary/aromatic N) is 2. The number of hydrogen-bond donors (Lipinski definition) is 3. The van der Waals surface area contributed by atoms with Crippen molar-refractivity contribution < 1.29 is 9.90 Å². The van der Waals surface area contributed by atoms with E-state index in [0.717, 1.165) is 17.1 Å². The molecule has 6 heteroatoms. The SMILES string of the molecule is Cc1nn(C(C)C)c(C)c1NC(=O)NC(C)(C)CO. The quantitative estimate of drug-likeness (QED) is 0.781. The molecule has 0 aliphatic heterocycles. The number of nitrogens with one attached hydrogen (secondary N) is 2. The maximum Gasteiger partial charge on any atom is 0.319 e. The Bertz CT molecular complexity index is 463. The van der Waals surface area contributed by atoms with Crippen molar-refractivity contribution in [2.75, 3.05) is 11.9 Å². The lowest BCUT2D eigenvalue weighted by atomic mass is 10.1. The van der Waals surface area contributed by atoms with Crippen LogP contribution in [0.1, 0.15) is 45.1 Å². The van der Waals surface area contributed by atoms with E-state index < -0.39 is 5.54 Å². The molecule has 0 unspecified atom stereocenters. The van der Waals surface area contributed by atoms with Gasteiger partial charge in [0.25, 0.3) is 0 Å². The lowest BCUT2D eigenvalue weighted by Crippen LogP contribution is -2.48. The van der Waals surface area contributed by atoms with Gasteiger partial charge in [-0.1, -0.05) is 0 Å². The average Bonchev–Trinajstić information content (AvgIpc) is 2.56. The van der Waals surface area contributed by atoms with Gasteiger partial charge in [0.05, 0.1) is 29.2 Å². The van der Waals surface area contributed by atoms with Crippen molar-refractivity contribution in [2.24, 2.45) is 0 Å². The summed E-state index contributed by atoms with van der Waals surface area (Å²) in [5.74, 6) is 0. The smallest absolute Gasteiger partial charge is 0.319 e. The first-order valence-electron chi connectivity index (χ1n) is 6.43. The average molecular weight is 268 g/mol. The first-order chi connectivity index (χ1) is 8.68. The summed E-state index contributed by atoms with van der Waals surface area (Å²) < 4.78 is 1.88. The van der Waals surface area contributed by atoms with E-state index in [2.05, 4.69) is 15.7 Å². The predicted molar refractivity (Wildman–Crippen MR) is 75.4 cm³/mol. The molecule has 1 aromatic heterocycles.